The SMILES string of the molecule is CCOc1cc(C)c(S(=O)(=O)N2CCCCC2)cc1C1(C(=O)N2CCN(CC(=O)N(CCOC)CCOC)CC2)N[C@H](c2ccc(Cl)cc2)[C@H](c2ccc(Cl)cc2)N1. The number of rotatable bonds is 16. The Labute approximate surface area is 352 Å². The Morgan fingerprint density at radius 2 is 1.34 bits per heavy atom. The van der Waals surface area contributed by atoms with E-state index in [4.69, 9.17) is 37.4 Å². The zero-order chi connectivity index (χ0) is 41.5. The average Bonchev–Trinajstić information content (AvgIpc) is 3.63. The van der Waals surface area contributed by atoms with Gasteiger partial charge >= 0.3 is 0 Å². The fourth-order valence-corrected chi connectivity index (χ4v) is 10.1. The molecule has 2 N–H and O–H groups in total. The van der Waals surface area contributed by atoms with Gasteiger partial charge in [-0.3, -0.25) is 25.1 Å². The van der Waals surface area contributed by atoms with Crippen LogP contribution in [0.5, 0.6) is 5.75 Å². The van der Waals surface area contributed by atoms with Gasteiger partial charge in [0.1, 0.15) is 5.75 Å². The van der Waals surface area contributed by atoms with Crippen molar-refractivity contribution < 1.29 is 32.2 Å². The third-order valence-electron chi connectivity index (χ3n) is 11.3. The molecule has 6 rings (SSSR count). The first-order valence-corrected chi connectivity index (χ1v) is 22.2. The summed E-state index contributed by atoms with van der Waals surface area (Å²) in [7, 11) is -0.713. The maximum atomic E-state index is 15.6. The summed E-state index contributed by atoms with van der Waals surface area (Å²) in [4.78, 5) is 34.7. The first-order chi connectivity index (χ1) is 27.9. The number of piperazine rings is 1. The summed E-state index contributed by atoms with van der Waals surface area (Å²) in [6.07, 6.45) is 2.55. The summed E-state index contributed by atoms with van der Waals surface area (Å²) in [6.45, 7) is 8.30. The second-order valence-electron chi connectivity index (χ2n) is 15.0. The smallest absolute Gasteiger partial charge is 0.262 e. The summed E-state index contributed by atoms with van der Waals surface area (Å²) < 4.78 is 47.2. The van der Waals surface area contributed by atoms with Crippen molar-refractivity contribution in [2.24, 2.45) is 0 Å². The molecule has 3 heterocycles. The normalized spacial score (nSPS) is 21.9. The number of benzene rings is 3. The van der Waals surface area contributed by atoms with Gasteiger partial charge in [0.25, 0.3) is 5.91 Å². The van der Waals surface area contributed by atoms with Gasteiger partial charge in [-0.05, 0) is 79.8 Å². The van der Waals surface area contributed by atoms with Crippen LogP contribution in [0.4, 0.5) is 0 Å². The van der Waals surface area contributed by atoms with Gasteiger partial charge in [-0.1, -0.05) is 53.9 Å². The fourth-order valence-electron chi connectivity index (χ4n) is 8.11. The summed E-state index contributed by atoms with van der Waals surface area (Å²) in [5.74, 6) is 0.0698. The standard InChI is InChI=1S/C42H56Cl2N6O7S/c1-5-57-36-27-30(2)37(58(53,54)50-17-7-6-8-18-50)28-35(36)42(41(52)49-21-19-47(20-22-49)29-38(51)48(23-25-55-3)24-26-56-4)45-39(31-9-13-33(43)14-10-31)40(46-42)32-11-15-34(44)16-12-32/h9-16,27-28,39-40,45-46H,5-8,17-26,29H2,1-4H3/t39-,40+,42?. The summed E-state index contributed by atoms with van der Waals surface area (Å²) in [5.41, 5.74) is 0.986. The molecular weight excluding hydrogens is 803 g/mol. The fraction of sp³-hybridized carbons (Fsp3) is 0.524. The van der Waals surface area contributed by atoms with Gasteiger partial charge in [-0.15, -0.1) is 0 Å². The number of halogens is 2. The van der Waals surface area contributed by atoms with Gasteiger partial charge in [0.2, 0.25) is 15.9 Å². The minimum Gasteiger partial charge on any atom is -0.493 e. The molecule has 0 radical (unpaired) electrons. The highest BCUT2D eigenvalue weighted by molar-refractivity contribution is 7.89. The zero-order valence-corrected chi connectivity index (χ0v) is 36.2. The number of nitrogens with zero attached hydrogens (tertiary/aromatic N) is 4. The molecule has 3 aliphatic heterocycles. The van der Waals surface area contributed by atoms with Crippen LogP contribution >= 0.6 is 23.2 Å². The number of methoxy groups -OCH3 is 2. The van der Waals surface area contributed by atoms with Crippen LogP contribution in [0, 0.1) is 6.92 Å². The van der Waals surface area contributed by atoms with Gasteiger partial charge in [-0.2, -0.15) is 4.31 Å². The van der Waals surface area contributed by atoms with Crippen LogP contribution in [0.1, 0.15) is 60.5 Å². The highest BCUT2D eigenvalue weighted by Gasteiger charge is 2.55. The Balaban J connectivity index is 1.42. The van der Waals surface area contributed by atoms with Gasteiger partial charge in [0, 0.05) is 82.2 Å². The van der Waals surface area contributed by atoms with E-state index in [0.29, 0.717) is 92.5 Å². The molecule has 1 unspecified atom stereocenters. The quantitative estimate of drug-likeness (QED) is 0.204. The van der Waals surface area contributed by atoms with E-state index < -0.39 is 27.8 Å². The van der Waals surface area contributed by atoms with E-state index in [2.05, 4.69) is 15.5 Å². The number of aryl methyl sites for hydroxylation is 1. The minimum atomic E-state index is -3.92. The van der Waals surface area contributed by atoms with Crippen LogP contribution in [-0.4, -0.2) is 132 Å². The Kier molecular flexibility index (Phi) is 15.1. The number of carbonyl (C=O) groups is 2. The largest absolute Gasteiger partial charge is 0.493 e. The Hall–Kier alpha value is -3.31. The third kappa shape index (κ3) is 9.83. The van der Waals surface area contributed by atoms with E-state index in [-0.39, 0.29) is 29.9 Å². The lowest BCUT2D eigenvalue weighted by molar-refractivity contribution is -0.142. The van der Waals surface area contributed by atoms with Crippen molar-refractivity contribution in [1.82, 2.24) is 29.6 Å². The Morgan fingerprint density at radius 3 is 1.84 bits per heavy atom. The van der Waals surface area contributed by atoms with Crippen LogP contribution < -0.4 is 15.4 Å². The molecule has 0 saturated carbocycles. The molecule has 3 aromatic carbocycles. The molecule has 3 atom stereocenters. The molecule has 3 aromatic rings. The Bertz CT molecular complexity index is 1910. The molecule has 58 heavy (non-hydrogen) atoms. The van der Waals surface area contributed by atoms with E-state index >= 15 is 4.79 Å². The van der Waals surface area contributed by atoms with Crippen molar-refractivity contribution in [3.63, 3.8) is 0 Å². The van der Waals surface area contributed by atoms with Crippen molar-refractivity contribution in [1.29, 1.82) is 0 Å². The highest BCUT2D eigenvalue weighted by atomic mass is 35.5. The molecule has 3 saturated heterocycles. The van der Waals surface area contributed by atoms with E-state index in [1.165, 1.54) is 0 Å². The number of piperidine rings is 1. The van der Waals surface area contributed by atoms with E-state index in [0.717, 1.165) is 30.4 Å². The summed E-state index contributed by atoms with van der Waals surface area (Å²) >= 11 is 12.7. The van der Waals surface area contributed by atoms with Crippen LogP contribution in [-0.2, 0) is 34.7 Å². The Morgan fingerprint density at radius 1 is 0.810 bits per heavy atom. The maximum Gasteiger partial charge on any atom is 0.262 e. The lowest BCUT2D eigenvalue weighted by Crippen LogP contribution is -2.62. The number of hydrogen-bond donors (Lipinski definition) is 2. The molecule has 3 aliphatic rings. The first-order valence-electron chi connectivity index (χ1n) is 20.0. The van der Waals surface area contributed by atoms with E-state index in [9.17, 15) is 13.2 Å². The van der Waals surface area contributed by atoms with E-state index in [1.54, 1.807) is 47.4 Å². The predicted octanol–water partition coefficient (Wildman–Crippen LogP) is 4.97. The molecule has 0 aliphatic carbocycles. The molecular formula is C42H56Cl2N6O7S. The third-order valence-corrected chi connectivity index (χ3v) is 13.8. The first kappa shape index (κ1) is 44.2. The maximum absolute atomic E-state index is 15.6. The zero-order valence-electron chi connectivity index (χ0n) is 33.8. The highest BCUT2D eigenvalue weighted by Crippen LogP contribution is 2.46. The number of sulfonamides is 1. The molecule has 0 spiro atoms. The number of amides is 2. The molecule has 0 aromatic heterocycles. The van der Waals surface area contributed by atoms with Crippen LogP contribution in [0.2, 0.25) is 10.0 Å². The lowest BCUT2D eigenvalue weighted by Gasteiger charge is -2.41. The average molecular weight is 860 g/mol. The predicted molar refractivity (Wildman–Crippen MR) is 225 cm³/mol. The molecule has 2 amide bonds. The lowest BCUT2D eigenvalue weighted by atomic mass is 9.95. The van der Waals surface area contributed by atoms with Gasteiger partial charge in [-0.25, -0.2) is 8.42 Å². The molecule has 13 nitrogen and oxygen atoms in total. The second kappa shape index (κ2) is 19.8. The van der Waals surface area contributed by atoms with Crippen LogP contribution in [0.3, 0.4) is 0 Å². The summed E-state index contributed by atoms with van der Waals surface area (Å²) in [5, 5.41) is 8.59. The topological polar surface area (TPSA) is 133 Å². The van der Waals surface area contributed by atoms with Crippen molar-refractivity contribution in [2.45, 2.75) is 55.8 Å². The van der Waals surface area contributed by atoms with Gasteiger partial charge < -0.3 is 24.0 Å². The van der Waals surface area contributed by atoms with Crippen molar-refractivity contribution in [3.8, 4) is 5.75 Å². The molecule has 16 heteroatoms. The van der Waals surface area contributed by atoms with Crippen molar-refractivity contribution in [2.75, 3.05) is 92.9 Å². The number of hydrogen-bond acceptors (Lipinski definition) is 10. The molecule has 3 fully saturated rings. The van der Waals surface area contributed by atoms with Gasteiger partial charge in [0.05, 0.1) is 43.3 Å². The second-order valence-corrected chi connectivity index (χ2v) is 17.8. The van der Waals surface area contributed by atoms with Gasteiger partial charge in [0.15, 0.2) is 5.66 Å². The van der Waals surface area contributed by atoms with Crippen LogP contribution in [0.15, 0.2) is 65.6 Å². The van der Waals surface area contributed by atoms with Crippen molar-refractivity contribution in [3.05, 3.63) is 93.0 Å². The molecule has 0 bridgehead atoms. The van der Waals surface area contributed by atoms with Crippen LogP contribution in [0.25, 0.3) is 0 Å². The van der Waals surface area contributed by atoms with E-state index in [1.807, 2.05) is 55.5 Å². The number of ether oxygens (including phenoxy) is 3. The number of carbonyl (C=O) groups excluding carboxylic acids is 2. The van der Waals surface area contributed by atoms with Crippen molar-refractivity contribution >= 4 is 45.0 Å². The minimum absolute atomic E-state index is 0.0375. The summed E-state index contributed by atoms with van der Waals surface area (Å²) in [6, 6.07) is 17.4. The number of nitrogens with one attached hydrogen (secondary N) is 2. The molecule has 316 valence electrons. The monoisotopic (exact) mass is 858 g/mol.